The number of hydrogen-bond donors (Lipinski definition) is 0. The Kier molecular flexibility index (Phi) is 2.38. The lowest BCUT2D eigenvalue weighted by atomic mass is 10.1. The second-order valence-corrected chi connectivity index (χ2v) is 4.87. The van der Waals surface area contributed by atoms with Gasteiger partial charge in [-0.15, -0.1) is 0 Å². The summed E-state index contributed by atoms with van der Waals surface area (Å²) in [5.41, 5.74) is 1.69. The van der Waals surface area contributed by atoms with Crippen LogP contribution in [0, 0.1) is 6.92 Å². The Hall–Kier alpha value is -1.87. The minimum absolute atomic E-state index is 0.0315. The molecule has 0 saturated heterocycles. The number of aryl methyl sites for hydroxylation is 2. The van der Waals surface area contributed by atoms with E-state index in [2.05, 4.69) is 4.98 Å². The molecule has 1 aromatic carbocycles. The van der Waals surface area contributed by atoms with E-state index in [0.29, 0.717) is 16.1 Å². The number of fused-ring (bicyclic) bond motifs is 3. The normalized spacial score (nSPS) is 11.3. The van der Waals surface area contributed by atoms with Gasteiger partial charge in [-0.25, -0.2) is 4.98 Å². The maximum Gasteiger partial charge on any atom is 0.259 e. The highest BCUT2D eigenvalue weighted by Gasteiger charge is 2.09. The predicted molar refractivity (Wildman–Crippen MR) is 74.2 cm³/mol. The van der Waals surface area contributed by atoms with E-state index in [0.717, 1.165) is 16.3 Å². The molecule has 0 aliphatic rings. The van der Waals surface area contributed by atoms with Crippen molar-refractivity contribution >= 4 is 33.4 Å². The van der Waals surface area contributed by atoms with Crippen molar-refractivity contribution in [1.29, 1.82) is 0 Å². The van der Waals surface area contributed by atoms with Gasteiger partial charge in [0.25, 0.3) is 5.56 Å². The SMILES string of the molecule is Cc1ccc2c(c1)c(=O)n(C)c1ncc(Cl)cc21. The van der Waals surface area contributed by atoms with E-state index in [4.69, 9.17) is 11.6 Å². The topological polar surface area (TPSA) is 34.9 Å². The van der Waals surface area contributed by atoms with Gasteiger partial charge in [0.05, 0.1) is 5.02 Å². The number of hydrogen-bond acceptors (Lipinski definition) is 2. The molecule has 0 fully saturated rings. The van der Waals surface area contributed by atoms with E-state index in [9.17, 15) is 4.79 Å². The van der Waals surface area contributed by atoms with Crippen molar-refractivity contribution in [2.24, 2.45) is 7.05 Å². The van der Waals surface area contributed by atoms with Crippen LogP contribution in [0.1, 0.15) is 5.56 Å². The van der Waals surface area contributed by atoms with Crippen molar-refractivity contribution in [3.05, 3.63) is 51.4 Å². The summed E-state index contributed by atoms with van der Waals surface area (Å²) in [7, 11) is 1.73. The molecule has 0 aliphatic carbocycles. The highest BCUT2D eigenvalue weighted by molar-refractivity contribution is 6.31. The van der Waals surface area contributed by atoms with Gasteiger partial charge in [-0.3, -0.25) is 9.36 Å². The summed E-state index contributed by atoms with van der Waals surface area (Å²) in [5.74, 6) is 0. The van der Waals surface area contributed by atoms with Gasteiger partial charge in [-0.2, -0.15) is 0 Å². The van der Waals surface area contributed by atoms with Crippen LogP contribution in [0.15, 0.2) is 35.3 Å². The molecule has 3 nitrogen and oxygen atoms in total. The minimum Gasteiger partial charge on any atom is -0.295 e. The largest absolute Gasteiger partial charge is 0.295 e. The smallest absolute Gasteiger partial charge is 0.259 e. The molecule has 2 aromatic heterocycles. The number of benzene rings is 1. The van der Waals surface area contributed by atoms with E-state index in [1.165, 1.54) is 0 Å². The molecule has 0 unspecified atom stereocenters. The Bertz CT molecular complexity index is 836. The molecule has 18 heavy (non-hydrogen) atoms. The average molecular weight is 259 g/mol. The fourth-order valence-corrected chi connectivity index (χ4v) is 2.40. The van der Waals surface area contributed by atoms with Crippen LogP contribution in [0.5, 0.6) is 0 Å². The van der Waals surface area contributed by atoms with Crippen LogP contribution in [0.2, 0.25) is 5.02 Å². The fraction of sp³-hybridized carbons (Fsp3) is 0.143. The number of rotatable bonds is 0. The standard InChI is InChI=1S/C14H11ClN2O/c1-8-3-4-10-11-6-9(15)7-16-13(11)17(2)14(18)12(10)5-8/h3-7H,1-2H3. The predicted octanol–water partition coefficient (Wildman–Crippen LogP) is 3.05. The van der Waals surface area contributed by atoms with Crippen LogP contribution < -0.4 is 5.56 Å². The van der Waals surface area contributed by atoms with Crippen LogP contribution >= 0.6 is 11.6 Å². The Labute approximate surface area is 109 Å². The second kappa shape index (κ2) is 3.82. The molecule has 0 atom stereocenters. The van der Waals surface area contributed by atoms with Crippen LogP contribution in [-0.4, -0.2) is 9.55 Å². The zero-order valence-corrected chi connectivity index (χ0v) is 10.8. The first-order valence-corrected chi connectivity index (χ1v) is 6.00. The van der Waals surface area contributed by atoms with Gasteiger partial charge in [0.15, 0.2) is 0 Å². The maximum atomic E-state index is 12.3. The van der Waals surface area contributed by atoms with Gasteiger partial charge in [0.1, 0.15) is 5.65 Å². The quantitative estimate of drug-likeness (QED) is 0.581. The molecule has 0 saturated carbocycles. The third-order valence-corrected chi connectivity index (χ3v) is 3.36. The third kappa shape index (κ3) is 1.51. The van der Waals surface area contributed by atoms with Crippen LogP contribution in [0.4, 0.5) is 0 Å². The van der Waals surface area contributed by atoms with Crippen molar-refractivity contribution in [2.75, 3.05) is 0 Å². The monoisotopic (exact) mass is 258 g/mol. The fourth-order valence-electron chi connectivity index (χ4n) is 2.24. The van der Waals surface area contributed by atoms with Crippen molar-refractivity contribution in [1.82, 2.24) is 9.55 Å². The average Bonchev–Trinajstić information content (AvgIpc) is 2.35. The molecule has 0 bridgehead atoms. The summed E-state index contributed by atoms with van der Waals surface area (Å²) in [5, 5.41) is 3.07. The molecule has 0 N–H and O–H groups in total. The summed E-state index contributed by atoms with van der Waals surface area (Å²) in [6.07, 6.45) is 1.56. The van der Waals surface area contributed by atoms with Crippen LogP contribution in [-0.2, 0) is 7.05 Å². The number of aromatic nitrogens is 2. The number of pyridine rings is 2. The lowest BCUT2D eigenvalue weighted by molar-refractivity contribution is 0.899. The van der Waals surface area contributed by atoms with Crippen LogP contribution in [0.25, 0.3) is 21.8 Å². The van der Waals surface area contributed by atoms with Crippen molar-refractivity contribution in [2.45, 2.75) is 6.92 Å². The van der Waals surface area contributed by atoms with Crippen molar-refractivity contribution in [3.8, 4) is 0 Å². The first-order chi connectivity index (χ1) is 8.58. The Morgan fingerprint density at radius 3 is 2.72 bits per heavy atom. The van der Waals surface area contributed by atoms with Crippen molar-refractivity contribution < 1.29 is 0 Å². The van der Waals surface area contributed by atoms with Gasteiger partial charge in [-0.1, -0.05) is 29.3 Å². The summed E-state index contributed by atoms with van der Waals surface area (Å²) < 4.78 is 1.56. The van der Waals surface area contributed by atoms with Crippen LogP contribution in [0.3, 0.4) is 0 Å². The molecule has 0 spiro atoms. The molecule has 3 aromatic rings. The lowest BCUT2D eigenvalue weighted by Crippen LogP contribution is -2.18. The molecule has 0 aliphatic heterocycles. The molecule has 0 radical (unpaired) electrons. The molecule has 3 rings (SSSR count). The Morgan fingerprint density at radius 1 is 1.17 bits per heavy atom. The minimum atomic E-state index is -0.0315. The van der Waals surface area contributed by atoms with Gasteiger partial charge in [-0.05, 0) is 24.4 Å². The Morgan fingerprint density at radius 2 is 1.94 bits per heavy atom. The number of nitrogens with zero attached hydrogens (tertiary/aromatic N) is 2. The maximum absolute atomic E-state index is 12.3. The summed E-state index contributed by atoms with van der Waals surface area (Å²) in [4.78, 5) is 16.5. The van der Waals surface area contributed by atoms with Gasteiger partial charge >= 0.3 is 0 Å². The van der Waals surface area contributed by atoms with E-state index in [-0.39, 0.29) is 5.56 Å². The first kappa shape index (κ1) is 11.2. The lowest BCUT2D eigenvalue weighted by Gasteiger charge is -2.08. The van der Waals surface area contributed by atoms with E-state index < -0.39 is 0 Å². The first-order valence-electron chi connectivity index (χ1n) is 5.62. The van der Waals surface area contributed by atoms with E-state index in [1.807, 2.05) is 31.2 Å². The highest BCUT2D eigenvalue weighted by atomic mass is 35.5. The number of halogens is 1. The summed E-state index contributed by atoms with van der Waals surface area (Å²) in [6.45, 7) is 1.97. The Balaban J connectivity index is 2.68. The molecule has 90 valence electrons. The summed E-state index contributed by atoms with van der Waals surface area (Å²) in [6, 6.07) is 7.69. The molecule has 0 amide bonds. The van der Waals surface area contributed by atoms with Crippen molar-refractivity contribution in [3.63, 3.8) is 0 Å². The third-order valence-electron chi connectivity index (χ3n) is 3.15. The molecular formula is C14H11ClN2O. The second-order valence-electron chi connectivity index (χ2n) is 4.44. The zero-order valence-electron chi connectivity index (χ0n) is 10.1. The molecule has 4 heteroatoms. The summed E-state index contributed by atoms with van der Waals surface area (Å²) >= 11 is 5.99. The zero-order chi connectivity index (χ0) is 12.9. The van der Waals surface area contributed by atoms with Gasteiger partial charge in [0, 0.05) is 24.0 Å². The highest BCUT2D eigenvalue weighted by Crippen LogP contribution is 2.24. The van der Waals surface area contributed by atoms with E-state index >= 15 is 0 Å². The van der Waals surface area contributed by atoms with Gasteiger partial charge in [0.2, 0.25) is 0 Å². The van der Waals surface area contributed by atoms with Gasteiger partial charge < -0.3 is 0 Å². The van der Waals surface area contributed by atoms with E-state index in [1.54, 1.807) is 17.8 Å². The molecular weight excluding hydrogens is 248 g/mol. The molecule has 2 heterocycles.